The third-order valence-corrected chi connectivity index (χ3v) is 3.75. The molecule has 0 spiro atoms. The summed E-state index contributed by atoms with van der Waals surface area (Å²) >= 11 is 0. The molecule has 3 nitrogen and oxygen atoms in total. The number of carbonyl (C=O) groups is 1. The van der Waals surface area contributed by atoms with Gasteiger partial charge in [-0.05, 0) is 24.7 Å². The van der Waals surface area contributed by atoms with Crippen molar-refractivity contribution in [2.75, 3.05) is 0 Å². The highest BCUT2D eigenvalue weighted by Crippen LogP contribution is 2.27. The largest absolute Gasteiger partial charge is 0.368 e. The van der Waals surface area contributed by atoms with Crippen LogP contribution in [0, 0.1) is 11.8 Å². The Bertz CT molecular complexity index is 228. The van der Waals surface area contributed by atoms with E-state index in [4.69, 9.17) is 5.73 Å². The Morgan fingerprint density at radius 2 is 2.12 bits per heavy atom. The SMILES string of the molecule is CCC1CCCC(NC(C(N)=O)C(C)C)C1. The Morgan fingerprint density at radius 1 is 1.44 bits per heavy atom. The highest BCUT2D eigenvalue weighted by Gasteiger charge is 2.26. The zero-order valence-electron chi connectivity index (χ0n) is 10.8. The van der Waals surface area contributed by atoms with Crippen molar-refractivity contribution in [2.45, 2.75) is 65.0 Å². The van der Waals surface area contributed by atoms with Crippen molar-refractivity contribution in [1.29, 1.82) is 0 Å². The number of hydrogen-bond acceptors (Lipinski definition) is 2. The van der Waals surface area contributed by atoms with E-state index in [-0.39, 0.29) is 17.9 Å². The molecule has 1 aliphatic carbocycles. The Balaban J connectivity index is 2.48. The monoisotopic (exact) mass is 226 g/mol. The second-order valence-corrected chi connectivity index (χ2v) is 5.43. The number of rotatable bonds is 5. The molecule has 3 unspecified atom stereocenters. The van der Waals surface area contributed by atoms with Crippen LogP contribution >= 0.6 is 0 Å². The summed E-state index contributed by atoms with van der Waals surface area (Å²) in [4.78, 5) is 11.3. The molecule has 0 aromatic carbocycles. The van der Waals surface area contributed by atoms with Crippen LogP contribution in [0.15, 0.2) is 0 Å². The summed E-state index contributed by atoms with van der Waals surface area (Å²) in [5, 5.41) is 3.44. The molecule has 0 radical (unpaired) electrons. The van der Waals surface area contributed by atoms with E-state index in [1.54, 1.807) is 0 Å². The lowest BCUT2D eigenvalue weighted by molar-refractivity contribution is -0.121. The molecule has 3 heteroatoms. The van der Waals surface area contributed by atoms with Gasteiger partial charge in [0.2, 0.25) is 5.91 Å². The van der Waals surface area contributed by atoms with Gasteiger partial charge in [-0.1, -0.05) is 40.0 Å². The highest BCUT2D eigenvalue weighted by atomic mass is 16.1. The van der Waals surface area contributed by atoms with Crippen LogP contribution < -0.4 is 11.1 Å². The molecule has 0 aromatic rings. The first-order valence-corrected chi connectivity index (χ1v) is 6.60. The molecule has 0 heterocycles. The van der Waals surface area contributed by atoms with E-state index in [1.807, 2.05) is 13.8 Å². The Morgan fingerprint density at radius 3 is 2.62 bits per heavy atom. The van der Waals surface area contributed by atoms with Crippen molar-refractivity contribution in [3.8, 4) is 0 Å². The number of nitrogens with two attached hydrogens (primary N) is 1. The maximum Gasteiger partial charge on any atom is 0.234 e. The molecule has 1 amide bonds. The van der Waals surface area contributed by atoms with Gasteiger partial charge in [0.1, 0.15) is 0 Å². The lowest BCUT2D eigenvalue weighted by atomic mass is 9.83. The van der Waals surface area contributed by atoms with E-state index in [9.17, 15) is 4.79 Å². The smallest absolute Gasteiger partial charge is 0.234 e. The zero-order chi connectivity index (χ0) is 12.1. The average Bonchev–Trinajstić information content (AvgIpc) is 2.25. The third kappa shape index (κ3) is 3.78. The molecular weight excluding hydrogens is 200 g/mol. The maximum atomic E-state index is 11.3. The predicted octanol–water partition coefficient (Wildman–Crippen LogP) is 2.05. The van der Waals surface area contributed by atoms with Gasteiger partial charge in [0.25, 0.3) is 0 Å². The van der Waals surface area contributed by atoms with E-state index in [0.717, 1.165) is 5.92 Å². The number of primary amides is 1. The fourth-order valence-corrected chi connectivity index (χ4v) is 2.67. The first-order chi connectivity index (χ1) is 7.54. The van der Waals surface area contributed by atoms with Gasteiger partial charge in [-0.2, -0.15) is 0 Å². The Hall–Kier alpha value is -0.570. The van der Waals surface area contributed by atoms with Crippen LogP contribution in [0.2, 0.25) is 0 Å². The van der Waals surface area contributed by atoms with Crippen LogP contribution in [0.5, 0.6) is 0 Å². The predicted molar refractivity (Wildman–Crippen MR) is 67.0 cm³/mol. The Kier molecular flexibility index (Phi) is 5.26. The summed E-state index contributed by atoms with van der Waals surface area (Å²) in [6.07, 6.45) is 6.26. The normalized spacial score (nSPS) is 28.0. The van der Waals surface area contributed by atoms with E-state index in [1.165, 1.54) is 32.1 Å². The van der Waals surface area contributed by atoms with Gasteiger partial charge in [0.15, 0.2) is 0 Å². The summed E-state index contributed by atoms with van der Waals surface area (Å²) in [5.74, 6) is 0.889. The first-order valence-electron chi connectivity index (χ1n) is 6.60. The number of nitrogens with one attached hydrogen (secondary N) is 1. The van der Waals surface area contributed by atoms with Crippen molar-refractivity contribution in [1.82, 2.24) is 5.32 Å². The molecule has 0 aliphatic heterocycles. The van der Waals surface area contributed by atoms with Crippen molar-refractivity contribution < 1.29 is 4.79 Å². The third-order valence-electron chi connectivity index (χ3n) is 3.75. The molecule has 1 aliphatic rings. The Labute approximate surface area is 99.2 Å². The summed E-state index contributed by atoms with van der Waals surface area (Å²) in [6.45, 7) is 6.34. The molecular formula is C13H26N2O. The lowest BCUT2D eigenvalue weighted by Gasteiger charge is -2.32. The van der Waals surface area contributed by atoms with Crippen LogP contribution in [0.25, 0.3) is 0 Å². The average molecular weight is 226 g/mol. The summed E-state index contributed by atoms with van der Waals surface area (Å²) in [7, 11) is 0. The minimum Gasteiger partial charge on any atom is -0.368 e. The van der Waals surface area contributed by atoms with E-state index in [0.29, 0.717) is 6.04 Å². The topological polar surface area (TPSA) is 55.1 Å². The van der Waals surface area contributed by atoms with Crippen molar-refractivity contribution >= 4 is 5.91 Å². The minimum atomic E-state index is -0.214. The molecule has 0 bridgehead atoms. The fraction of sp³-hybridized carbons (Fsp3) is 0.923. The highest BCUT2D eigenvalue weighted by molar-refractivity contribution is 5.80. The lowest BCUT2D eigenvalue weighted by Crippen LogP contribution is -2.50. The maximum absolute atomic E-state index is 11.3. The fourth-order valence-electron chi connectivity index (χ4n) is 2.67. The van der Waals surface area contributed by atoms with Gasteiger partial charge in [-0.3, -0.25) is 4.79 Å². The molecule has 0 aromatic heterocycles. The number of carbonyl (C=O) groups excluding carboxylic acids is 1. The first kappa shape index (κ1) is 13.5. The molecule has 1 fully saturated rings. The van der Waals surface area contributed by atoms with Gasteiger partial charge in [-0.15, -0.1) is 0 Å². The van der Waals surface area contributed by atoms with Crippen LogP contribution in [-0.4, -0.2) is 18.0 Å². The number of hydrogen-bond donors (Lipinski definition) is 2. The van der Waals surface area contributed by atoms with E-state index >= 15 is 0 Å². The molecule has 0 saturated heterocycles. The van der Waals surface area contributed by atoms with Crippen molar-refractivity contribution in [2.24, 2.45) is 17.6 Å². The van der Waals surface area contributed by atoms with Crippen LogP contribution in [-0.2, 0) is 4.79 Å². The van der Waals surface area contributed by atoms with Crippen molar-refractivity contribution in [3.63, 3.8) is 0 Å². The van der Waals surface area contributed by atoms with Crippen LogP contribution in [0.3, 0.4) is 0 Å². The minimum absolute atomic E-state index is 0.166. The van der Waals surface area contributed by atoms with Gasteiger partial charge < -0.3 is 11.1 Å². The summed E-state index contributed by atoms with van der Waals surface area (Å²) in [5.41, 5.74) is 5.42. The molecule has 1 rings (SSSR count). The van der Waals surface area contributed by atoms with Crippen LogP contribution in [0.1, 0.15) is 52.9 Å². The molecule has 94 valence electrons. The molecule has 16 heavy (non-hydrogen) atoms. The van der Waals surface area contributed by atoms with Gasteiger partial charge in [-0.25, -0.2) is 0 Å². The number of amides is 1. The van der Waals surface area contributed by atoms with E-state index < -0.39 is 0 Å². The van der Waals surface area contributed by atoms with Gasteiger partial charge >= 0.3 is 0 Å². The van der Waals surface area contributed by atoms with Gasteiger partial charge in [0, 0.05) is 6.04 Å². The summed E-state index contributed by atoms with van der Waals surface area (Å²) < 4.78 is 0. The van der Waals surface area contributed by atoms with E-state index in [2.05, 4.69) is 12.2 Å². The summed E-state index contributed by atoms with van der Waals surface area (Å²) in [6, 6.07) is 0.319. The second kappa shape index (κ2) is 6.24. The van der Waals surface area contributed by atoms with Gasteiger partial charge in [0.05, 0.1) is 6.04 Å². The standard InChI is InChI=1S/C13H26N2O/c1-4-10-6-5-7-11(8-10)15-12(9(2)3)13(14)16/h9-12,15H,4-8H2,1-3H3,(H2,14,16). The van der Waals surface area contributed by atoms with Crippen molar-refractivity contribution in [3.05, 3.63) is 0 Å². The zero-order valence-corrected chi connectivity index (χ0v) is 10.8. The van der Waals surface area contributed by atoms with Crippen LogP contribution in [0.4, 0.5) is 0 Å². The second-order valence-electron chi connectivity index (χ2n) is 5.43. The molecule has 1 saturated carbocycles. The quantitative estimate of drug-likeness (QED) is 0.754. The molecule has 3 N–H and O–H groups in total. The molecule has 3 atom stereocenters.